The molecular weight excluding hydrogens is 338 g/mol. The molecule has 1 saturated heterocycles. The zero-order chi connectivity index (χ0) is 16.1. The summed E-state index contributed by atoms with van der Waals surface area (Å²) in [5.41, 5.74) is 6.33. The summed E-state index contributed by atoms with van der Waals surface area (Å²) in [7, 11) is 1.33. The second-order valence-corrected chi connectivity index (χ2v) is 6.61. The lowest BCUT2D eigenvalue weighted by atomic mass is 9.92. The Balaban J connectivity index is 0.00000264. The molecular formula is C15H24ClN3O3S. The van der Waals surface area contributed by atoms with E-state index < -0.39 is 5.97 Å². The van der Waals surface area contributed by atoms with Gasteiger partial charge < -0.3 is 15.8 Å². The molecule has 1 aromatic rings. The highest BCUT2D eigenvalue weighted by molar-refractivity contribution is 7.12. The van der Waals surface area contributed by atoms with Crippen LogP contribution >= 0.6 is 23.7 Å². The minimum atomic E-state index is -0.433. The topological polar surface area (TPSA) is 84.7 Å². The smallest absolute Gasteiger partial charge is 0.350 e. The first-order valence-electron chi connectivity index (χ1n) is 7.45. The van der Waals surface area contributed by atoms with Crippen molar-refractivity contribution >= 4 is 41.3 Å². The van der Waals surface area contributed by atoms with Crippen LogP contribution in [0.4, 0.5) is 5.69 Å². The molecule has 2 atom stereocenters. The molecule has 1 aliphatic rings. The Morgan fingerprint density at radius 2 is 2.26 bits per heavy atom. The third-order valence-electron chi connectivity index (χ3n) is 4.03. The van der Waals surface area contributed by atoms with Gasteiger partial charge in [0.2, 0.25) is 5.91 Å². The van der Waals surface area contributed by atoms with E-state index in [-0.39, 0.29) is 24.4 Å². The molecule has 8 heteroatoms. The number of rotatable bonds is 5. The van der Waals surface area contributed by atoms with E-state index >= 15 is 0 Å². The number of piperidine rings is 1. The van der Waals surface area contributed by atoms with Gasteiger partial charge in [-0.15, -0.1) is 23.7 Å². The van der Waals surface area contributed by atoms with Crippen LogP contribution in [-0.4, -0.2) is 49.6 Å². The molecule has 2 heterocycles. The van der Waals surface area contributed by atoms with Crippen LogP contribution in [0, 0.1) is 5.92 Å². The monoisotopic (exact) mass is 361 g/mol. The minimum Gasteiger partial charge on any atom is -0.465 e. The van der Waals surface area contributed by atoms with E-state index in [1.54, 1.807) is 11.4 Å². The summed E-state index contributed by atoms with van der Waals surface area (Å²) in [5.74, 6) is 0.0872. The molecule has 2 rings (SSSR count). The molecule has 2 unspecified atom stereocenters. The van der Waals surface area contributed by atoms with Gasteiger partial charge in [0.25, 0.3) is 0 Å². The van der Waals surface area contributed by atoms with Gasteiger partial charge in [-0.05, 0) is 36.8 Å². The average Bonchev–Trinajstić information content (AvgIpc) is 2.96. The van der Waals surface area contributed by atoms with Gasteiger partial charge in [0, 0.05) is 12.6 Å². The number of nitrogens with one attached hydrogen (secondary N) is 1. The van der Waals surface area contributed by atoms with Crippen LogP contribution in [0.15, 0.2) is 11.4 Å². The summed E-state index contributed by atoms with van der Waals surface area (Å²) >= 11 is 1.25. The molecule has 0 saturated carbocycles. The van der Waals surface area contributed by atoms with Crippen LogP contribution in [-0.2, 0) is 9.53 Å². The molecule has 0 aliphatic carbocycles. The van der Waals surface area contributed by atoms with Gasteiger partial charge in [-0.1, -0.05) is 6.92 Å². The largest absolute Gasteiger partial charge is 0.465 e. The van der Waals surface area contributed by atoms with Crippen molar-refractivity contribution in [3.05, 3.63) is 16.3 Å². The number of hydrogen-bond donors (Lipinski definition) is 2. The summed E-state index contributed by atoms with van der Waals surface area (Å²) in [6.07, 6.45) is 2.10. The number of esters is 1. The highest BCUT2D eigenvalue weighted by Crippen LogP contribution is 2.24. The maximum atomic E-state index is 12.2. The SMILES string of the molecule is COC(=O)c1sccc1NC(=O)CN1CCC(C)CC1CN.Cl. The number of amides is 1. The van der Waals surface area contributed by atoms with Crippen LogP contribution in [0.1, 0.15) is 29.4 Å². The lowest BCUT2D eigenvalue weighted by Gasteiger charge is -2.37. The lowest BCUT2D eigenvalue weighted by Crippen LogP contribution is -2.49. The summed E-state index contributed by atoms with van der Waals surface area (Å²) < 4.78 is 4.71. The van der Waals surface area contributed by atoms with Crippen molar-refractivity contribution in [2.75, 3.05) is 32.1 Å². The van der Waals surface area contributed by atoms with E-state index in [0.29, 0.717) is 29.6 Å². The quantitative estimate of drug-likeness (QED) is 0.783. The van der Waals surface area contributed by atoms with Gasteiger partial charge in [-0.2, -0.15) is 0 Å². The van der Waals surface area contributed by atoms with Crippen LogP contribution in [0.2, 0.25) is 0 Å². The number of halogens is 1. The molecule has 1 amide bonds. The van der Waals surface area contributed by atoms with Crippen molar-refractivity contribution in [3.8, 4) is 0 Å². The van der Waals surface area contributed by atoms with Crippen molar-refractivity contribution in [1.29, 1.82) is 0 Å². The number of likely N-dealkylation sites (tertiary alicyclic amines) is 1. The van der Waals surface area contributed by atoms with Gasteiger partial charge >= 0.3 is 5.97 Å². The van der Waals surface area contributed by atoms with Crippen LogP contribution in [0.5, 0.6) is 0 Å². The van der Waals surface area contributed by atoms with Crippen molar-refractivity contribution in [2.24, 2.45) is 11.7 Å². The predicted octanol–water partition coefficient (Wildman–Crippen LogP) is 1.95. The molecule has 0 spiro atoms. The molecule has 130 valence electrons. The molecule has 1 aromatic heterocycles. The first-order valence-corrected chi connectivity index (χ1v) is 8.32. The van der Waals surface area contributed by atoms with E-state index in [4.69, 9.17) is 10.5 Å². The fourth-order valence-electron chi connectivity index (χ4n) is 2.79. The van der Waals surface area contributed by atoms with Crippen molar-refractivity contribution in [1.82, 2.24) is 4.90 Å². The van der Waals surface area contributed by atoms with E-state index in [1.165, 1.54) is 18.4 Å². The molecule has 1 fully saturated rings. The Kier molecular flexibility index (Phi) is 7.98. The number of carbonyl (C=O) groups is 2. The molecule has 0 radical (unpaired) electrons. The van der Waals surface area contributed by atoms with E-state index in [2.05, 4.69) is 17.1 Å². The number of methoxy groups -OCH3 is 1. The number of hydrogen-bond acceptors (Lipinski definition) is 6. The molecule has 6 nitrogen and oxygen atoms in total. The van der Waals surface area contributed by atoms with Crippen LogP contribution in [0.3, 0.4) is 0 Å². The van der Waals surface area contributed by atoms with Crippen molar-refractivity contribution < 1.29 is 14.3 Å². The fourth-order valence-corrected chi connectivity index (χ4v) is 3.55. The Bertz CT molecular complexity index is 538. The zero-order valence-electron chi connectivity index (χ0n) is 13.4. The summed E-state index contributed by atoms with van der Waals surface area (Å²) in [6.45, 7) is 3.95. The standard InChI is InChI=1S/C15H23N3O3S.ClH/c1-10-3-5-18(11(7-10)8-16)9-13(19)17-12-4-6-22-14(12)15(20)21-2;/h4,6,10-11H,3,5,7-9,16H2,1-2H3,(H,17,19);1H. The first-order chi connectivity index (χ1) is 10.5. The number of ether oxygens (including phenoxy) is 1. The van der Waals surface area contributed by atoms with Gasteiger partial charge in [-0.3, -0.25) is 9.69 Å². The molecule has 0 aromatic carbocycles. The maximum absolute atomic E-state index is 12.2. The zero-order valence-corrected chi connectivity index (χ0v) is 15.0. The fraction of sp³-hybridized carbons (Fsp3) is 0.600. The molecule has 23 heavy (non-hydrogen) atoms. The average molecular weight is 362 g/mol. The number of nitrogens with zero attached hydrogens (tertiary/aromatic N) is 1. The normalized spacial score (nSPS) is 21.3. The van der Waals surface area contributed by atoms with Crippen molar-refractivity contribution in [3.63, 3.8) is 0 Å². The number of nitrogens with two attached hydrogens (primary N) is 1. The van der Waals surface area contributed by atoms with Gasteiger partial charge in [0.15, 0.2) is 0 Å². The minimum absolute atomic E-state index is 0. The number of carbonyl (C=O) groups excluding carboxylic acids is 2. The highest BCUT2D eigenvalue weighted by Gasteiger charge is 2.27. The van der Waals surface area contributed by atoms with Gasteiger partial charge in [-0.25, -0.2) is 4.79 Å². The molecule has 1 aliphatic heterocycles. The second kappa shape index (κ2) is 9.22. The third kappa shape index (κ3) is 5.17. The second-order valence-electron chi connectivity index (χ2n) is 5.69. The Morgan fingerprint density at radius 3 is 2.91 bits per heavy atom. The van der Waals surface area contributed by atoms with E-state index in [1.807, 2.05) is 0 Å². The lowest BCUT2D eigenvalue weighted by molar-refractivity contribution is -0.118. The van der Waals surface area contributed by atoms with E-state index in [9.17, 15) is 9.59 Å². The van der Waals surface area contributed by atoms with Crippen LogP contribution < -0.4 is 11.1 Å². The number of anilines is 1. The number of thiophene rings is 1. The van der Waals surface area contributed by atoms with E-state index in [0.717, 1.165) is 19.4 Å². The Labute approximate surface area is 146 Å². The summed E-state index contributed by atoms with van der Waals surface area (Å²) in [5, 5.41) is 4.55. The summed E-state index contributed by atoms with van der Waals surface area (Å²) in [4.78, 5) is 26.4. The molecule has 0 bridgehead atoms. The Hall–Kier alpha value is -1.15. The van der Waals surface area contributed by atoms with Gasteiger partial charge in [0.1, 0.15) is 4.88 Å². The van der Waals surface area contributed by atoms with Crippen molar-refractivity contribution in [2.45, 2.75) is 25.8 Å². The summed E-state index contributed by atoms with van der Waals surface area (Å²) in [6, 6.07) is 1.96. The Morgan fingerprint density at radius 1 is 1.52 bits per heavy atom. The predicted molar refractivity (Wildman–Crippen MR) is 94.3 cm³/mol. The van der Waals surface area contributed by atoms with Crippen LogP contribution in [0.25, 0.3) is 0 Å². The third-order valence-corrected chi connectivity index (χ3v) is 4.92. The first kappa shape index (κ1) is 19.9. The van der Waals surface area contributed by atoms with Gasteiger partial charge in [0.05, 0.1) is 19.3 Å². The highest BCUT2D eigenvalue weighted by atomic mass is 35.5. The molecule has 3 N–H and O–H groups in total. The maximum Gasteiger partial charge on any atom is 0.350 e.